The van der Waals surface area contributed by atoms with Gasteiger partial charge in [0.2, 0.25) is 0 Å². The second kappa shape index (κ2) is 6.23. The zero-order chi connectivity index (χ0) is 13.9. The molecule has 0 heterocycles. The standard InChI is InChI=1S/C17H29NSi/c1-5-6-13-18(16-9-10-16)14-15-7-11-17(12-8-15)19(2,3)4/h7-8,11-12,16H,5-6,9-10,13-14H2,1-4H3. The maximum atomic E-state index is 2.69. The maximum absolute atomic E-state index is 2.69. The minimum Gasteiger partial charge on any atom is -0.296 e. The molecule has 1 saturated carbocycles. The molecule has 1 aromatic rings. The van der Waals surface area contributed by atoms with Crippen molar-refractivity contribution in [3.63, 3.8) is 0 Å². The van der Waals surface area contributed by atoms with E-state index in [1.54, 1.807) is 5.19 Å². The Hall–Kier alpha value is -0.603. The van der Waals surface area contributed by atoms with E-state index >= 15 is 0 Å². The first kappa shape index (κ1) is 14.8. The smallest absolute Gasteiger partial charge is 0.0775 e. The molecule has 1 aliphatic carbocycles. The summed E-state index contributed by atoms with van der Waals surface area (Å²) in [6, 6.07) is 10.3. The first-order valence-corrected chi connectivity index (χ1v) is 11.3. The molecule has 0 atom stereocenters. The van der Waals surface area contributed by atoms with Gasteiger partial charge in [0.05, 0.1) is 8.07 Å². The van der Waals surface area contributed by atoms with Crippen molar-refractivity contribution in [2.45, 2.75) is 64.8 Å². The average molecular weight is 276 g/mol. The van der Waals surface area contributed by atoms with E-state index < -0.39 is 8.07 Å². The van der Waals surface area contributed by atoms with E-state index in [-0.39, 0.29) is 0 Å². The lowest BCUT2D eigenvalue weighted by Crippen LogP contribution is -2.37. The normalized spacial score (nSPS) is 16.1. The van der Waals surface area contributed by atoms with Crippen LogP contribution in [0.2, 0.25) is 19.6 Å². The molecule has 1 fully saturated rings. The number of unbranched alkanes of at least 4 members (excludes halogenated alkanes) is 1. The Labute approximate surface area is 120 Å². The van der Waals surface area contributed by atoms with Crippen LogP contribution in [0.3, 0.4) is 0 Å². The Bertz CT molecular complexity index is 387. The number of hydrogen-bond donors (Lipinski definition) is 0. The van der Waals surface area contributed by atoms with Gasteiger partial charge >= 0.3 is 0 Å². The van der Waals surface area contributed by atoms with Crippen LogP contribution in [0.5, 0.6) is 0 Å². The van der Waals surface area contributed by atoms with Crippen molar-refractivity contribution < 1.29 is 0 Å². The molecule has 0 radical (unpaired) electrons. The van der Waals surface area contributed by atoms with Gasteiger partial charge in [-0.15, -0.1) is 0 Å². The molecule has 1 aliphatic rings. The third-order valence-electron chi connectivity index (χ3n) is 4.07. The van der Waals surface area contributed by atoms with Crippen LogP contribution in [0.4, 0.5) is 0 Å². The molecule has 2 rings (SSSR count). The van der Waals surface area contributed by atoms with Gasteiger partial charge in [-0.05, 0) is 31.4 Å². The summed E-state index contributed by atoms with van der Waals surface area (Å²) in [6.45, 7) is 12.0. The monoisotopic (exact) mass is 275 g/mol. The molecule has 0 bridgehead atoms. The zero-order valence-electron chi connectivity index (χ0n) is 13.1. The molecule has 1 aromatic carbocycles. The fraction of sp³-hybridized carbons (Fsp3) is 0.647. The van der Waals surface area contributed by atoms with Gasteiger partial charge < -0.3 is 0 Å². The minimum absolute atomic E-state index is 0.878. The predicted molar refractivity (Wildman–Crippen MR) is 87.8 cm³/mol. The molecule has 0 aliphatic heterocycles. The van der Waals surface area contributed by atoms with Gasteiger partial charge in [0.15, 0.2) is 0 Å². The number of nitrogens with zero attached hydrogens (tertiary/aromatic N) is 1. The second-order valence-corrected chi connectivity index (χ2v) is 12.1. The van der Waals surface area contributed by atoms with Crippen LogP contribution in [-0.4, -0.2) is 25.6 Å². The van der Waals surface area contributed by atoms with E-state index in [1.807, 2.05) is 0 Å². The second-order valence-electron chi connectivity index (χ2n) is 7.00. The zero-order valence-corrected chi connectivity index (χ0v) is 14.1. The first-order chi connectivity index (χ1) is 9.00. The van der Waals surface area contributed by atoms with E-state index in [0.29, 0.717) is 0 Å². The van der Waals surface area contributed by atoms with Crippen LogP contribution in [0, 0.1) is 0 Å². The fourth-order valence-electron chi connectivity index (χ4n) is 2.54. The third-order valence-corrected chi connectivity index (χ3v) is 6.13. The lowest BCUT2D eigenvalue weighted by atomic mass is 10.2. The van der Waals surface area contributed by atoms with Crippen molar-refractivity contribution in [1.29, 1.82) is 0 Å². The molecular formula is C17H29NSi. The van der Waals surface area contributed by atoms with Crippen molar-refractivity contribution in [3.8, 4) is 0 Å². The number of hydrogen-bond acceptors (Lipinski definition) is 1. The number of rotatable bonds is 7. The molecule has 19 heavy (non-hydrogen) atoms. The summed E-state index contributed by atoms with van der Waals surface area (Å²) in [7, 11) is -1.14. The van der Waals surface area contributed by atoms with Crippen molar-refractivity contribution in [2.24, 2.45) is 0 Å². The molecule has 0 amide bonds. The molecule has 0 saturated heterocycles. The summed E-state index contributed by atoms with van der Waals surface area (Å²) >= 11 is 0. The minimum atomic E-state index is -1.14. The predicted octanol–water partition coefficient (Wildman–Crippen LogP) is 4.00. The van der Waals surface area contributed by atoms with Crippen LogP contribution >= 0.6 is 0 Å². The van der Waals surface area contributed by atoms with Crippen LogP contribution in [0.1, 0.15) is 38.2 Å². The van der Waals surface area contributed by atoms with E-state index in [2.05, 4.69) is 55.7 Å². The largest absolute Gasteiger partial charge is 0.296 e. The summed E-state index contributed by atoms with van der Waals surface area (Å²) in [5, 5.41) is 1.57. The van der Waals surface area contributed by atoms with E-state index in [9.17, 15) is 0 Å². The molecule has 2 heteroatoms. The molecule has 106 valence electrons. The highest BCUT2D eigenvalue weighted by Crippen LogP contribution is 2.28. The van der Waals surface area contributed by atoms with Gasteiger partial charge in [-0.2, -0.15) is 0 Å². The van der Waals surface area contributed by atoms with Crippen molar-refractivity contribution in [2.75, 3.05) is 6.54 Å². The lowest BCUT2D eigenvalue weighted by Gasteiger charge is -2.23. The Morgan fingerprint density at radius 1 is 1.11 bits per heavy atom. The SMILES string of the molecule is CCCCN(Cc1ccc([Si](C)(C)C)cc1)C1CC1. The first-order valence-electron chi connectivity index (χ1n) is 7.84. The van der Waals surface area contributed by atoms with E-state index in [0.717, 1.165) is 12.6 Å². The van der Waals surface area contributed by atoms with Crippen LogP contribution in [0.25, 0.3) is 0 Å². The molecule has 0 unspecified atom stereocenters. The topological polar surface area (TPSA) is 3.24 Å². The van der Waals surface area contributed by atoms with Crippen molar-refractivity contribution >= 4 is 13.3 Å². The Balaban J connectivity index is 1.97. The highest BCUT2D eigenvalue weighted by Gasteiger charge is 2.28. The summed E-state index contributed by atoms with van der Waals surface area (Å²) in [4.78, 5) is 2.69. The Morgan fingerprint density at radius 3 is 2.21 bits per heavy atom. The van der Waals surface area contributed by atoms with Gasteiger partial charge in [0, 0.05) is 12.6 Å². The summed E-state index contributed by atoms with van der Waals surface area (Å²) < 4.78 is 0. The van der Waals surface area contributed by atoms with Crippen LogP contribution < -0.4 is 5.19 Å². The van der Waals surface area contributed by atoms with E-state index in [4.69, 9.17) is 0 Å². The molecule has 1 nitrogen and oxygen atoms in total. The highest BCUT2D eigenvalue weighted by molar-refractivity contribution is 6.88. The fourth-order valence-corrected chi connectivity index (χ4v) is 3.70. The van der Waals surface area contributed by atoms with Gasteiger partial charge in [0.25, 0.3) is 0 Å². The quantitative estimate of drug-likeness (QED) is 0.680. The number of benzene rings is 1. The van der Waals surface area contributed by atoms with E-state index in [1.165, 1.54) is 37.8 Å². The van der Waals surface area contributed by atoms with Gasteiger partial charge in [-0.25, -0.2) is 0 Å². The Kier molecular flexibility index (Phi) is 4.85. The summed E-state index contributed by atoms with van der Waals surface area (Å²) in [5.41, 5.74) is 1.49. The van der Waals surface area contributed by atoms with Crippen molar-refractivity contribution in [3.05, 3.63) is 29.8 Å². The molecule has 0 N–H and O–H groups in total. The molecular weight excluding hydrogens is 246 g/mol. The Morgan fingerprint density at radius 2 is 1.74 bits per heavy atom. The van der Waals surface area contributed by atoms with Gasteiger partial charge in [-0.1, -0.05) is 62.4 Å². The summed E-state index contributed by atoms with van der Waals surface area (Å²) in [6.07, 6.45) is 5.47. The molecule has 0 aromatic heterocycles. The van der Waals surface area contributed by atoms with Gasteiger partial charge in [-0.3, -0.25) is 4.90 Å². The van der Waals surface area contributed by atoms with Crippen LogP contribution in [-0.2, 0) is 6.54 Å². The molecule has 0 spiro atoms. The van der Waals surface area contributed by atoms with Gasteiger partial charge in [0.1, 0.15) is 0 Å². The maximum Gasteiger partial charge on any atom is 0.0775 e. The average Bonchev–Trinajstić information content (AvgIpc) is 3.18. The lowest BCUT2D eigenvalue weighted by molar-refractivity contribution is 0.251. The van der Waals surface area contributed by atoms with Crippen molar-refractivity contribution in [1.82, 2.24) is 4.90 Å². The van der Waals surface area contributed by atoms with Crippen LogP contribution in [0.15, 0.2) is 24.3 Å². The highest BCUT2D eigenvalue weighted by atomic mass is 28.3. The summed E-state index contributed by atoms with van der Waals surface area (Å²) in [5.74, 6) is 0. The third kappa shape index (κ3) is 4.46.